The highest BCUT2D eigenvalue weighted by atomic mass is 32.2. The lowest BCUT2D eigenvalue weighted by atomic mass is 9.99. The number of sulfonamides is 1. The SMILES string of the molecule is O=S(=O)(c1ccc(F)cc1)N1CCC(COc2ccccc2)CC1. The molecule has 0 atom stereocenters. The molecule has 1 aliphatic heterocycles. The standard InChI is InChI=1S/C18H20FNO3S/c19-16-6-8-18(9-7-16)24(21,22)20-12-10-15(11-13-20)14-23-17-4-2-1-3-5-17/h1-9,15H,10-14H2. The molecule has 6 heteroatoms. The Balaban J connectivity index is 1.55. The third-order valence-corrected chi connectivity index (χ3v) is 6.17. The first-order chi connectivity index (χ1) is 11.6. The quantitative estimate of drug-likeness (QED) is 0.832. The minimum atomic E-state index is -3.54. The molecule has 128 valence electrons. The van der Waals surface area contributed by atoms with E-state index in [4.69, 9.17) is 4.74 Å². The number of hydrogen-bond acceptors (Lipinski definition) is 3. The predicted molar refractivity (Wildman–Crippen MR) is 89.8 cm³/mol. The van der Waals surface area contributed by atoms with E-state index in [-0.39, 0.29) is 4.90 Å². The number of ether oxygens (including phenoxy) is 1. The van der Waals surface area contributed by atoms with Gasteiger partial charge in [0, 0.05) is 13.1 Å². The summed E-state index contributed by atoms with van der Waals surface area (Å²) in [6.45, 7) is 1.51. The summed E-state index contributed by atoms with van der Waals surface area (Å²) in [6, 6.07) is 14.6. The van der Waals surface area contributed by atoms with Gasteiger partial charge in [-0.3, -0.25) is 0 Å². The molecular formula is C18H20FNO3S. The third kappa shape index (κ3) is 3.94. The zero-order valence-electron chi connectivity index (χ0n) is 13.3. The molecule has 0 amide bonds. The van der Waals surface area contributed by atoms with Gasteiger partial charge in [0.2, 0.25) is 10.0 Å². The molecule has 4 nitrogen and oxygen atoms in total. The van der Waals surface area contributed by atoms with E-state index < -0.39 is 15.8 Å². The fourth-order valence-corrected chi connectivity index (χ4v) is 4.27. The van der Waals surface area contributed by atoms with Crippen molar-refractivity contribution in [3.05, 3.63) is 60.4 Å². The summed E-state index contributed by atoms with van der Waals surface area (Å²) in [5.74, 6) is 0.731. The molecule has 2 aromatic rings. The van der Waals surface area contributed by atoms with Gasteiger partial charge in [0.25, 0.3) is 0 Å². The van der Waals surface area contributed by atoms with Gasteiger partial charge in [0.15, 0.2) is 0 Å². The zero-order valence-corrected chi connectivity index (χ0v) is 14.1. The smallest absolute Gasteiger partial charge is 0.243 e. The molecule has 1 fully saturated rings. The Morgan fingerprint density at radius 3 is 2.25 bits per heavy atom. The van der Waals surface area contributed by atoms with Crippen LogP contribution >= 0.6 is 0 Å². The predicted octanol–water partition coefficient (Wildman–Crippen LogP) is 3.31. The van der Waals surface area contributed by atoms with Crippen LogP contribution in [0, 0.1) is 11.7 Å². The Kier molecular flexibility index (Phi) is 5.16. The van der Waals surface area contributed by atoms with Gasteiger partial charge in [-0.15, -0.1) is 0 Å². The monoisotopic (exact) mass is 349 g/mol. The van der Waals surface area contributed by atoms with Crippen LogP contribution in [0.3, 0.4) is 0 Å². The molecule has 0 aliphatic carbocycles. The van der Waals surface area contributed by atoms with E-state index in [1.807, 2.05) is 30.3 Å². The maximum Gasteiger partial charge on any atom is 0.243 e. The summed E-state index contributed by atoms with van der Waals surface area (Å²) in [4.78, 5) is 0.142. The second-order valence-corrected chi connectivity index (χ2v) is 7.86. The lowest BCUT2D eigenvalue weighted by Crippen LogP contribution is -2.39. The average molecular weight is 349 g/mol. The Hall–Kier alpha value is -1.92. The van der Waals surface area contributed by atoms with Crippen molar-refractivity contribution in [1.29, 1.82) is 0 Å². The Morgan fingerprint density at radius 1 is 1.00 bits per heavy atom. The molecule has 0 aromatic heterocycles. The van der Waals surface area contributed by atoms with Crippen molar-refractivity contribution in [2.24, 2.45) is 5.92 Å². The van der Waals surface area contributed by atoms with Crippen molar-refractivity contribution in [2.75, 3.05) is 19.7 Å². The molecule has 1 heterocycles. The molecule has 0 spiro atoms. The highest BCUT2D eigenvalue weighted by Gasteiger charge is 2.29. The first-order valence-electron chi connectivity index (χ1n) is 7.99. The minimum absolute atomic E-state index is 0.142. The van der Waals surface area contributed by atoms with E-state index in [9.17, 15) is 12.8 Å². The van der Waals surface area contributed by atoms with E-state index >= 15 is 0 Å². The maximum atomic E-state index is 13.0. The van der Waals surface area contributed by atoms with Gasteiger partial charge in [0.05, 0.1) is 11.5 Å². The van der Waals surface area contributed by atoms with Crippen LogP contribution in [0.15, 0.2) is 59.5 Å². The molecular weight excluding hydrogens is 329 g/mol. The molecule has 0 saturated carbocycles. The van der Waals surface area contributed by atoms with Gasteiger partial charge in [-0.05, 0) is 55.2 Å². The summed E-state index contributed by atoms with van der Waals surface area (Å²) in [7, 11) is -3.54. The van der Waals surface area contributed by atoms with Crippen molar-refractivity contribution < 1.29 is 17.5 Å². The van der Waals surface area contributed by atoms with Crippen LogP contribution in [-0.4, -0.2) is 32.4 Å². The fourth-order valence-electron chi connectivity index (χ4n) is 2.80. The first kappa shape index (κ1) is 16.9. The van der Waals surface area contributed by atoms with Crippen molar-refractivity contribution >= 4 is 10.0 Å². The number of halogens is 1. The highest BCUT2D eigenvalue weighted by molar-refractivity contribution is 7.89. The van der Waals surface area contributed by atoms with Crippen molar-refractivity contribution in [3.63, 3.8) is 0 Å². The summed E-state index contributed by atoms with van der Waals surface area (Å²) in [6.07, 6.45) is 1.51. The van der Waals surface area contributed by atoms with Crippen LogP contribution in [-0.2, 0) is 10.0 Å². The lowest BCUT2D eigenvalue weighted by Gasteiger charge is -2.31. The van der Waals surface area contributed by atoms with Crippen LogP contribution in [0.25, 0.3) is 0 Å². The molecule has 24 heavy (non-hydrogen) atoms. The number of piperidine rings is 1. The second-order valence-electron chi connectivity index (χ2n) is 5.93. The van der Waals surface area contributed by atoms with Crippen molar-refractivity contribution in [3.8, 4) is 5.75 Å². The maximum absolute atomic E-state index is 13.0. The summed E-state index contributed by atoms with van der Waals surface area (Å²) >= 11 is 0. The first-order valence-corrected chi connectivity index (χ1v) is 9.43. The van der Waals surface area contributed by atoms with E-state index in [0.717, 1.165) is 18.6 Å². The van der Waals surface area contributed by atoms with Gasteiger partial charge < -0.3 is 4.74 Å². The number of para-hydroxylation sites is 1. The Bertz CT molecular complexity index is 755. The van der Waals surface area contributed by atoms with Gasteiger partial charge in [-0.1, -0.05) is 18.2 Å². The summed E-state index contributed by atoms with van der Waals surface area (Å²) < 4.78 is 45.3. The molecule has 0 N–H and O–H groups in total. The third-order valence-electron chi connectivity index (χ3n) is 4.25. The number of nitrogens with zero attached hydrogens (tertiary/aromatic N) is 1. The van der Waals surface area contributed by atoms with E-state index in [1.165, 1.54) is 28.6 Å². The minimum Gasteiger partial charge on any atom is -0.493 e. The van der Waals surface area contributed by atoms with Crippen LogP contribution in [0.1, 0.15) is 12.8 Å². The zero-order chi connectivity index (χ0) is 17.0. The van der Waals surface area contributed by atoms with Gasteiger partial charge in [-0.2, -0.15) is 4.31 Å². The summed E-state index contributed by atoms with van der Waals surface area (Å²) in [5.41, 5.74) is 0. The van der Waals surface area contributed by atoms with Gasteiger partial charge in [-0.25, -0.2) is 12.8 Å². The molecule has 0 unspecified atom stereocenters. The van der Waals surface area contributed by atoms with Crippen LogP contribution in [0.2, 0.25) is 0 Å². The number of hydrogen-bond donors (Lipinski definition) is 0. The molecule has 1 aliphatic rings. The van der Waals surface area contributed by atoms with Gasteiger partial charge >= 0.3 is 0 Å². The highest BCUT2D eigenvalue weighted by Crippen LogP contribution is 2.24. The number of benzene rings is 2. The molecule has 3 rings (SSSR count). The van der Waals surface area contributed by atoms with E-state index in [0.29, 0.717) is 25.6 Å². The molecule has 2 aromatic carbocycles. The number of rotatable bonds is 5. The molecule has 0 bridgehead atoms. The van der Waals surface area contributed by atoms with Crippen LogP contribution in [0.5, 0.6) is 5.75 Å². The Morgan fingerprint density at radius 2 is 1.62 bits per heavy atom. The second kappa shape index (κ2) is 7.32. The normalized spacial score (nSPS) is 16.9. The largest absolute Gasteiger partial charge is 0.493 e. The van der Waals surface area contributed by atoms with Crippen molar-refractivity contribution in [1.82, 2.24) is 4.31 Å². The van der Waals surface area contributed by atoms with Crippen molar-refractivity contribution in [2.45, 2.75) is 17.7 Å². The average Bonchev–Trinajstić information content (AvgIpc) is 2.61. The topological polar surface area (TPSA) is 46.6 Å². The lowest BCUT2D eigenvalue weighted by molar-refractivity contribution is 0.185. The summed E-state index contributed by atoms with van der Waals surface area (Å²) in [5, 5.41) is 0. The molecule has 1 saturated heterocycles. The van der Waals surface area contributed by atoms with E-state index in [1.54, 1.807) is 0 Å². The van der Waals surface area contributed by atoms with Crippen LogP contribution in [0.4, 0.5) is 4.39 Å². The molecule has 0 radical (unpaired) electrons. The Labute approximate surface area is 141 Å². The van der Waals surface area contributed by atoms with Gasteiger partial charge in [0.1, 0.15) is 11.6 Å². The fraction of sp³-hybridized carbons (Fsp3) is 0.333. The van der Waals surface area contributed by atoms with Crippen LogP contribution < -0.4 is 4.74 Å². The van der Waals surface area contributed by atoms with E-state index in [2.05, 4.69) is 0 Å².